The van der Waals surface area contributed by atoms with Crippen LogP contribution in [0.3, 0.4) is 0 Å². The standard InChI is InChI=1S/C16H17N3O5S/c1-18-7-6-17-15(18)11-19(8-9-20)25(22,23)13-3-4-14-12(10-13)2-5-16(21)24-14/h2-7,10,20H,8-9,11H2,1H3. The van der Waals surface area contributed by atoms with E-state index in [1.807, 2.05) is 0 Å². The Balaban J connectivity index is 2.01. The fourth-order valence-electron chi connectivity index (χ4n) is 2.46. The lowest BCUT2D eigenvalue weighted by molar-refractivity contribution is 0.248. The molecule has 0 spiro atoms. The number of nitrogens with zero attached hydrogens (tertiary/aromatic N) is 3. The number of imidazole rings is 1. The Morgan fingerprint density at radius 1 is 1.28 bits per heavy atom. The van der Waals surface area contributed by atoms with Crippen LogP contribution in [0.2, 0.25) is 0 Å². The summed E-state index contributed by atoms with van der Waals surface area (Å²) in [6, 6.07) is 7.01. The van der Waals surface area contributed by atoms with Crippen LogP contribution in [0.25, 0.3) is 11.0 Å². The third kappa shape index (κ3) is 3.48. The van der Waals surface area contributed by atoms with Crippen LogP contribution in [0.1, 0.15) is 5.82 Å². The van der Waals surface area contributed by atoms with Crippen molar-refractivity contribution in [2.45, 2.75) is 11.4 Å². The first-order valence-electron chi connectivity index (χ1n) is 7.53. The molecule has 2 aromatic heterocycles. The summed E-state index contributed by atoms with van der Waals surface area (Å²) in [5.74, 6) is 0.559. The number of sulfonamides is 1. The van der Waals surface area contributed by atoms with E-state index < -0.39 is 15.6 Å². The van der Waals surface area contributed by atoms with E-state index in [1.165, 1.54) is 30.3 Å². The number of benzene rings is 1. The smallest absolute Gasteiger partial charge is 0.336 e. The number of hydrogen-bond acceptors (Lipinski definition) is 6. The maximum atomic E-state index is 13.0. The molecular weight excluding hydrogens is 346 g/mol. The average molecular weight is 363 g/mol. The van der Waals surface area contributed by atoms with Gasteiger partial charge >= 0.3 is 5.63 Å². The summed E-state index contributed by atoms with van der Waals surface area (Å²) in [5, 5.41) is 9.77. The summed E-state index contributed by atoms with van der Waals surface area (Å²) >= 11 is 0. The number of hydrogen-bond donors (Lipinski definition) is 1. The fraction of sp³-hybridized carbons (Fsp3) is 0.250. The fourth-order valence-corrected chi connectivity index (χ4v) is 3.88. The molecule has 3 rings (SSSR count). The van der Waals surface area contributed by atoms with Gasteiger partial charge in [-0.25, -0.2) is 18.2 Å². The van der Waals surface area contributed by atoms with Gasteiger partial charge < -0.3 is 14.1 Å². The van der Waals surface area contributed by atoms with E-state index in [0.29, 0.717) is 16.8 Å². The van der Waals surface area contributed by atoms with Crippen LogP contribution in [0.5, 0.6) is 0 Å². The Kier molecular flexibility index (Phi) is 4.71. The first-order valence-corrected chi connectivity index (χ1v) is 8.97. The van der Waals surface area contributed by atoms with Gasteiger partial charge in [0.25, 0.3) is 0 Å². The van der Waals surface area contributed by atoms with E-state index in [2.05, 4.69) is 4.98 Å². The highest BCUT2D eigenvalue weighted by atomic mass is 32.2. The lowest BCUT2D eigenvalue weighted by atomic mass is 10.2. The zero-order chi connectivity index (χ0) is 18.0. The quantitative estimate of drug-likeness (QED) is 0.647. The van der Waals surface area contributed by atoms with Gasteiger partial charge in [-0.2, -0.15) is 4.31 Å². The van der Waals surface area contributed by atoms with Gasteiger partial charge in [0.05, 0.1) is 18.0 Å². The predicted molar refractivity (Wildman–Crippen MR) is 90.4 cm³/mol. The Bertz CT molecular complexity index is 1050. The van der Waals surface area contributed by atoms with Crippen LogP contribution < -0.4 is 5.63 Å². The molecule has 0 saturated carbocycles. The maximum absolute atomic E-state index is 13.0. The van der Waals surface area contributed by atoms with Crippen molar-refractivity contribution in [2.75, 3.05) is 13.2 Å². The summed E-state index contributed by atoms with van der Waals surface area (Å²) in [6.07, 6.45) is 3.30. The molecule has 1 aromatic carbocycles. The van der Waals surface area contributed by atoms with Crippen molar-refractivity contribution in [3.8, 4) is 0 Å². The number of aliphatic hydroxyl groups is 1. The molecule has 0 atom stereocenters. The molecule has 0 bridgehead atoms. The molecular formula is C16H17N3O5S. The third-order valence-corrected chi connectivity index (χ3v) is 5.66. The Labute approximate surface area is 144 Å². The lowest BCUT2D eigenvalue weighted by Gasteiger charge is -2.21. The summed E-state index contributed by atoms with van der Waals surface area (Å²) in [4.78, 5) is 15.4. The molecule has 9 heteroatoms. The van der Waals surface area contributed by atoms with Crippen molar-refractivity contribution < 1.29 is 17.9 Å². The molecule has 0 amide bonds. The molecule has 0 fully saturated rings. The van der Waals surface area contributed by atoms with Crippen LogP contribution >= 0.6 is 0 Å². The second-order valence-corrected chi connectivity index (χ2v) is 7.41. The molecule has 8 nitrogen and oxygen atoms in total. The largest absolute Gasteiger partial charge is 0.423 e. The van der Waals surface area contributed by atoms with E-state index in [-0.39, 0.29) is 24.6 Å². The zero-order valence-corrected chi connectivity index (χ0v) is 14.3. The number of fused-ring (bicyclic) bond motifs is 1. The summed E-state index contributed by atoms with van der Waals surface area (Å²) in [7, 11) is -2.09. The van der Waals surface area contributed by atoms with Crippen LogP contribution in [-0.2, 0) is 23.6 Å². The molecule has 132 valence electrons. The number of aliphatic hydroxyl groups excluding tert-OH is 1. The van der Waals surface area contributed by atoms with Crippen molar-refractivity contribution in [2.24, 2.45) is 7.05 Å². The highest BCUT2D eigenvalue weighted by Gasteiger charge is 2.26. The predicted octanol–water partition coefficient (Wildman–Crippen LogP) is 0.710. The van der Waals surface area contributed by atoms with Crippen molar-refractivity contribution >= 4 is 21.0 Å². The monoisotopic (exact) mass is 363 g/mol. The Morgan fingerprint density at radius 3 is 2.76 bits per heavy atom. The Hall–Kier alpha value is -2.49. The van der Waals surface area contributed by atoms with Crippen LogP contribution in [0.15, 0.2) is 56.8 Å². The van der Waals surface area contributed by atoms with E-state index in [1.54, 1.807) is 24.0 Å². The van der Waals surface area contributed by atoms with Crippen LogP contribution in [0.4, 0.5) is 0 Å². The number of aromatic nitrogens is 2. The SMILES string of the molecule is Cn1ccnc1CN(CCO)S(=O)(=O)c1ccc2oc(=O)ccc2c1. The first kappa shape index (κ1) is 17.3. The van der Waals surface area contributed by atoms with E-state index in [4.69, 9.17) is 4.42 Å². The summed E-state index contributed by atoms with van der Waals surface area (Å²) in [5.41, 5.74) is -0.191. The average Bonchev–Trinajstić information content (AvgIpc) is 2.99. The van der Waals surface area contributed by atoms with E-state index in [0.717, 1.165) is 4.31 Å². The number of aryl methyl sites for hydroxylation is 1. The molecule has 0 aliphatic carbocycles. The molecule has 1 N–H and O–H groups in total. The molecule has 25 heavy (non-hydrogen) atoms. The third-order valence-electron chi connectivity index (χ3n) is 3.82. The molecule has 3 aromatic rings. The van der Waals surface area contributed by atoms with Gasteiger partial charge in [-0.15, -0.1) is 0 Å². The first-order chi connectivity index (χ1) is 11.9. The minimum Gasteiger partial charge on any atom is -0.423 e. The maximum Gasteiger partial charge on any atom is 0.336 e. The van der Waals surface area contributed by atoms with Gasteiger partial charge in [0, 0.05) is 37.4 Å². The van der Waals surface area contributed by atoms with Crippen molar-refractivity contribution in [1.82, 2.24) is 13.9 Å². The van der Waals surface area contributed by atoms with Gasteiger partial charge in [0.1, 0.15) is 11.4 Å². The molecule has 0 unspecified atom stereocenters. The highest BCUT2D eigenvalue weighted by molar-refractivity contribution is 7.89. The normalized spacial score (nSPS) is 12.1. The second kappa shape index (κ2) is 6.79. The van der Waals surface area contributed by atoms with Gasteiger partial charge in [-0.05, 0) is 24.3 Å². The Morgan fingerprint density at radius 2 is 2.08 bits per heavy atom. The number of rotatable bonds is 6. The molecule has 0 aliphatic heterocycles. The molecule has 0 saturated heterocycles. The van der Waals surface area contributed by atoms with Crippen LogP contribution in [0, 0.1) is 0 Å². The minimum atomic E-state index is -3.86. The zero-order valence-electron chi connectivity index (χ0n) is 13.5. The van der Waals surface area contributed by atoms with Crippen molar-refractivity contribution in [1.29, 1.82) is 0 Å². The van der Waals surface area contributed by atoms with E-state index >= 15 is 0 Å². The van der Waals surface area contributed by atoms with Crippen molar-refractivity contribution in [3.63, 3.8) is 0 Å². The van der Waals surface area contributed by atoms with Gasteiger partial charge in [-0.1, -0.05) is 0 Å². The van der Waals surface area contributed by atoms with Crippen LogP contribution in [-0.4, -0.2) is 40.5 Å². The van der Waals surface area contributed by atoms with Gasteiger partial charge in [0.15, 0.2) is 0 Å². The molecule has 0 radical (unpaired) electrons. The molecule has 2 heterocycles. The van der Waals surface area contributed by atoms with E-state index in [9.17, 15) is 18.3 Å². The summed E-state index contributed by atoms with van der Waals surface area (Å²) in [6.45, 7) is -0.336. The second-order valence-electron chi connectivity index (χ2n) is 5.47. The highest BCUT2D eigenvalue weighted by Crippen LogP contribution is 2.22. The van der Waals surface area contributed by atoms with Crippen molar-refractivity contribution in [3.05, 3.63) is 59.0 Å². The lowest BCUT2D eigenvalue weighted by Crippen LogP contribution is -2.34. The topological polar surface area (TPSA) is 106 Å². The van der Waals surface area contributed by atoms with Gasteiger partial charge in [0.2, 0.25) is 10.0 Å². The van der Waals surface area contributed by atoms with Gasteiger partial charge in [-0.3, -0.25) is 0 Å². The summed E-state index contributed by atoms with van der Waals surface area (Å²) < 4.78 is 33.8. The molecule has 0 aliphatic rings. The minimum absolute atomic E-state index is 0.0360.